The smallest absolute Gasteiger partial charge is 0.250 e. The molecule has 0 aliphatic rings. The largest absolute Gasteiger partial charge is 0.465 e. The Kier molecular flexibility index (Phi) is 6.91. The van der Waals surface area contributed by atoms with E-state index in [-0.39, 0.29) is 5.11 Å². The van der Waals surface area contributed by atoms with Gasteiger partial charge in [0.1, 0.15) is 11.3 Å². The van der Waals surface area contributed by atoms with Gasteiger partial charge < -0.3 is 14.2 Å². The molecule has 4 aromatic rings. The summed E-state index contributed by atoms with van der Waals surface area (Å²) in [5.74, 6) is 1.09. The first kappa shape index (κ1) is 22.8. The van der Waals surface area contributed by atoms with Crippen LogP contribution in [-0.2, 0) is 4.79 Å². The number of amides is 1. The fourth-order valence-corrected chi connectivity index (χ4v) is 3.59. The third-order valence-electron chi connectivity index (χ3n) is 5.23. The van der Waals surface area contributed by atoms with Crippen LogP contribution in [0, 0.1) is 0 Å². The Morgan fingerprint density at radius 2 is 2.09 bits per heavy atom. The number of benzene rings is 2. The highest BCUT2D eigenvalue weighted by molar-refractivity contribution is 7.80. The van der Waals surface area contributed by atoms with Gasteiger partial charge in [-0.15, -0.1) is 0 Å². The van der Waals surface area contributed by atoms with Crippen LogP contribution in [0.2, 0.25) is 5.02 Å². The van der Waals surface area contributed by atoms with Crippen LogP contribution in [0.4, 0.5) is 5.69 Å². The third kappa shape index (κ3) is 5.50. The van der Waals surface area contributed by atoms with Crippen molar-refractivity contribution >= 4 is 57.7 Å². The lowest BCUT2D eigenvalue weighted by molar-refractivity contribution is -0.115. The first-order chi connectivity index (χ1) is 15.9. The van der Waals surface area contributed by atoms with Crippen LogP contribution in [0.3, 0.4) is 0 Å². The van der Waals surface area contributed by atoms with Gasteiger partial charge in [0.2, 0.25) is 11.8 Å². The Morgan fingerprint density at radius 3 is 2.85 bits per heavy atom. The summed E-state index contributed by atoms with van der Waals surface area (Å²) >= 11 is 11.6. The number of nitrogens with zero attached hydrogens (tertiary/aromatic N) is 1. The lowest BCUT2D eigenvalue weighted by Crippen LogP contribution is -2.32. The van der Waals surface area contributed by atoms with E-state index in [4.69, 9.17) is 32.7 Å². The summed E-state index contributed by atoms with van der Waals surface area (Å²) in [6.07, 6.45) is 5.46. The van der Waals surface area contributed by atoms with Crippen molar-refractivity contribution in [3.8, 4) is 11.5 Å². The molecule has 0 unspecified atom stereocenters. The van der Waals surface area contributed by atoms with Crippen molar-refractivity contribution < 1.29 is 13.6 Å². The van der Waals surface area contributed by atoms with E-state index in [9.17, 15) is 4.79 Å². The Hall–Kier alpha value is -3.42. The number of carbonyl (C=O) groups is 1. The number of nitrogens with one attached hydrogen (secondary N) is 2. The number of fused-ring (bicyclic) bond motifs is 1. The average Bonchev–Trinajstić information content (AvgIpc) is 3.47. The summed E-state index contributed by atoms with van der Waals surface area (Å²) in [4.78, 5) is 16.7. The lowest BCUT2D eigenvalue weighted by atomic mass is 9.98. The second-order valence-electron chi connectivity index (χ2n) is 7.54. The quantitative estimate of drug-likeness (QED) is 0.234. The van der Waals surface area contributed by atoms with Crippen LogP contribution in [0.15, 0.2) is 69.7 Å². The monoisotopic (exact) mass is 479 g/mol. The fourth-order valence-electron chi connectivity index (χ4n) is 3.22. The molecule has 0 fully saturated rings. The predicted molar refractivity (Wildman–Crippen MR) is 135 cm³/mol. The minimum atomic E-state index is -0.396. The van der Waals surface area contributed by atoms with E-state index in [0.29, 0.717) is 33.9 Å². The SMILES string of the molecule is CC[C@H](C)c1ccc2oc(-c3ccc(Cl)c(NC(=S)NC(=O)/C=C/c4ccco4)c3)nc2c1. The van der Waals surface area contributed by atoms with Crippen LogP contribution >= 0.6 is 23.8 Å². The van der Waals surface area contributed by atoms with Crippen molar-refractivity contribution in [3.63, 3.8) is 0 Å². The number of carbonyl (C=O) groups excluding carboxylic acids is 1. The van der Waals surface area contributed by atoms with E-state index < -0.39 is 5.91 Å². The molecule has 0 aliphatic carbocycles. The molecule has 33 heavy (non-hydrogen) atoms. The first-order valence-corrected chi connectivity index (χ1v) is 11.3. The number of oxazole rings is 1. The summed E-state index contributed by atoms with van der Waals surface area (Å²) < 4.78 is 11.1. The third-order valence-corrected chi connectivity index (χ3v) is 5.77. The number of aromatic nitrogens is 1. The summed E-state index contributed by atoms with van der Waals surface area (Å²) in [6, 6.07) is 14.9. The van der Waals surface area contributed by atoms with Crippen LogP contribution < -0.4 is 10.6 Å². The summed E-state index contributed by atoms with van der Waals surface area (Å²) in [5, 5.41) is 6.08. The molecule has 168 valence electrons. The number of rotatable bonds is 6. The highest BCUT2D eigenvalue weighted by atomic mass is 35.5. The van der Waals surface area contributed by atoms with Crippen LogP contribution in [0.25, 0.3) is 28.6 Å². The van der Waals surface area contributed by atoms with Gasteiger partial charge in [-0.3, -0.25) is 10.1 Å². The van der Waals surface area contributed by atoms with E-state index in [1.54, 1.807) is 30.3 Å². The molecule has 2 aromatic heterocycles. The molecule has 6 nitrogen and oxygen atoms in total. The molecule has 1 amide bonds. The van der Waals surface area contributed by atoms with Gasteiger partial charge in [-0.2, -0.15) is 0 Å². The number of hydrogen-bond donors (Lipinski definition) is 2. The molecule has 1 atom stereocenters. The second kappa shape index (κ2) is 10.0. The summed E-state index contributed by atoms with van der Waals surface area (Å²) in [6.45, 7) is 4.35. The molecule has 0 radical (unpaired) electrons. The van der Waals surface area contributed by atoms with Crippen molar-refractivity contribution in [2.75, 3.05) is 5.32 Å². The maximum absolute atomic E-state index is 12.1. The number of hydrogen-bond acceptors (Lipinski definition) is 5. The maximum atomic E-state index is 12.1. The zero-order valence-corrected chi connectivity index (χ0v) is 19.7. The maximum Gasteiger partial charge on any atom is 0.250 e. The molecule has 2 heterocycles. The van der Waals surface area contributed by atoms with E-state index in [1.165, 1.54) is 17.9 Å². The average molecular weight is 480 g/mol. The second-order valence-corrected chi connectivity index (χ2v) is 8.36. The van der Waals surface area contributed by atoms with Crippen molar-refractivity contribution in [2.24, 2.45) is 0 Å². The normalized spacial score (nSPS) is 12.2. The van der Waals surface area contributed by atoms with Gasteiger partial charge in [0.05, 0.1) is 17.0 Å². The highest BCUT2D eigenvalue weighted by Gasteiger charge is 2.13. The Morgan fingerprint density at radius 1 is 1.24 bits per heavy atom. The number of furan rings is 1. The molecule has 0 saturated carbocycles. The highest BCUT2D eigenvalue weighted by Crippen LogP contribution is 2.31. The van der Waals surface area contributed by atoms with Crippen LogP contribution in [0.1, 0.15) is 37.5 Å². The Labute approximate surface area is 201 Å². The minimum Gasteiger partial charge on any atom is -0.465 e. The van der Waals surface area contributed by atoms with Crippen molar-refractivity contribution in [1.29, 1.82) is 0 Å². The predicted octanol–water partition coefficient (Wildman–Crippen LogP) is 6.78. The van der Waals surface area contributed by atoms with E-state index in [2.05, 4.69) is 41.6 Å². The van der Waals surface area contributed by atoms with E-state index in [1.807, 2.05) is 12.1 Å². The molecule has 2 aromatic carbocycles. The number of thiocarbonyl (C=S) groups is 1. The zero-order chi connectivity index (χ0) is 23.4. The molecule has 4 rings (SSSR count). The van der Waals surface area contributed by atoms with Crippen molar-refractivity contribution in [3.05, 3.63) is 77.2 Å². The molecule has 8 heteroatoms. The van der Waals surface area contributed by atoms with Crippen molar-refractivity contribution in [1.82, 2.24) is 10.3 Å². The molecule has 0 saturated heterocycles. The first-order valence-electron chi connectivity index (χ1n) is 10.5. The fraction of sp³-hybridized carbons (Fsp3) is 0.160. The minimum absolute atomic E-state index is 0.110. The van der Waals surface area contributed by atoms with Gasteiger partial charge in [0.25, 0.3) is 0 Å². The Bertz CT molecular complexity index is 1330. The van der Waals surface area contributed by atoms with Gasteiger partial charge in [0, 0.05) is 11.6 Å². The van der Waals surface area contributed by atoms with Gasteiger partial charge in [-0.05, 0) is 78.7 Å². The molecule has 0 bridgehead atoms. The van der Waals surface area contributed by atoms with E-state index in [0.717, 1.165) is 17.5 Å². The van der Waals surface area contributed by atoms with Gasteiger partial charge in [-0.25, -0.2) is 4.98 Å². The molecular weight excluding hydrogens is 458 g/mol. The molecule has 2 N–H and O–H groups in total. The lowest BCUT2D eigenvalue weighted by Gasteiger charge is -2.10. The topological polar surface area (TPSA) is 80.3 Å². The molecule has 0 spiro atoms. The van der Waals surface area contributed by atoms with Crippen LogP contribution in [0.5, 0.6) is 0 Å². The van der Waals surface area contributed by atoms with E-state index >= 15 is 0 Å². The van der Waals surface area contributed by atoms with Gasteiger partial charge >= 0.3 is 0 Å². The Balaban J connectivity index is 1.49. The number of halogens is 1. The molecule has 0 aliphatic heterocycles. The summed E-state index contributed by atoms with van der Waals surface area (Å²) in [5.41, 5.74) is 4.00. The van der Waals surface area contributed by atoms with Crippen LogP contribution in [-0.4, -0.2) is 16.0 Å². The van der Waals surface area contributed by atoms with Gasteiger partial charge in [0.15, 0.2) is 10.7 Å². The molecular formula is C25H22ClN3O3S. The van der Waals surface area contributed by atoms with Crippen molar-refractivity contribution in [2.45, 2.75) is 26.2 Å². The zero-order valence-electron chi connectivity index (χ0n) is 18.1. The summed E-state index contributed by atoms with van der Waals surface area (Å²) in [7, 11) is 0. The standard InChI is InChI=1S/C25H22ClN3O3S/c1-3-15(2)16-7-10-22-21(13-16)27-24(32-22)17-6-9-19(26)20(14-17)28-25(33)29-23(30)11-8-18-5-4-12-31-18/h4-15H,3H2,1-2H3,(H2,28,29,30,33)/b11-8+/t15-/m0/s1. The van der Waals surface area contributed by atoms with Gasteiger partial charge in [-0.1, -0.05) is 31.5 Å². The number of anilines is 1.